The van der Waals surface area contributed by atoms with Gasteiger partial charge in [-0.25, -0.2) is 4.39 Å². The molecule has 0 aromatic heterocycles. The van der Waals surface area contributed by atoms with Crippen molar-refractivity contribution in [3.05, 3.63) is 66.0 Å². The van der Waals surface area contributed by atoms with Crippen LogP contribution in [-0.2, 0) is 4.84 Å². The topological polar surface area (TPSA) is 30.8 Å². The molecule has 0 fully saturated rings. The summed E-state index contributed by atoms with van der Waals surface area (Å²) in [6.45, 7) is 4.04. The fourth-order valence-electron chi connectivity index (χ4n) is 2.33. The van der Waals surface area contributed by atoms with E-state index >= 15 is 0 Å². The Hall–Kier alpha value is -2.27. The molecule has 0 saturated heterocycles. The number of hydrogen-bond donors (Lipinski definition) is 0. The van der Waals surface area contributed by atoms with Gasteiger partial charge in [0.1, 0.15) is 16.4 Å². The van der Waals surface area contributed by atoms with Gasteiger partial charge >= 0.3 is 0 Å². The molecule has 0 amide bonds. The van der Waals surface area contributed by atoms with Crippen LogP contribution in [0.3, 0.4) is 0 Å². The Morgan fingerprint density at radius 3 is 2.76 bits per heavy atom. The summed E-state index contributed by atoms with van der Waals surface area (Å²) in [5, 5.41) is 5.08. The van der Waals surface area contributed by atoms with Gasteiger partial charge in [0, 0.05) is 12.2 Å². The Labute approximate surface area is 151 Å². The van der Waals surface area contributed by atoms with Gasteiger partial charge in [-0.1, -0.05) is 41.6 Å². The summed E-state index contributed by atoms with van der Waals surface area (Å²) in [5.74, 6) is 1.23. The largest absolute Gasteiger partial charge is 0.454 e. The summed E-state index contributed by atoms with van der Waals surface area (Å²) >= 11 is 1.65. The summed E-state index contributed by atoms with van der Waals surface area (Å²) in [4.78, 5) is 5.34. The lowest BCUT2D eigenvalue weighted by Crippen LogP contribution is -2.18. The monoisotopic (exact) mass is 357 g/mol. The van der Waals surface area contributed by atoms with Crippen LogP contribution in [0.2, 0.25) is 0 Å². The molecule has 0 unspecified atom stereocenters. The van der Waals surface area contributed by atoms with Crippen LogP contribution < -0.4 is 4.74 Å². The highest BCUT2D eigenvalue weighted by Crippen LogP contribution is 2.28. The first kappa shape index (κ1) is 17.5. The zero-order valence-corrected chi connectivity index (χ0v) is 15.1. The van der Waals surface area contributed by atoms with Crippen LogP contribution in [0, 0.1) is 5.82 Å². The molecule has 0 radical (unpaired) electrons. The molecule has 1 aliphatic heterocycles. The first-order chi connectivity index (χ1) is 12.0. The normalized spacial score (nSPS) is 15.9. The quantitative estimate of drug-likeness (QED) is 0.670. The van der Waals surface area contributed by atoms with E-state index in [4.69, 9.17) is 9.57 Å². The van der Waals surface area contributed by atoms with Gasteiger partial charge in [0.2, 0.25) is 0 Å². The van der Waals surface area contributed by atoms with Crippen LogP contribution in [0.5, 0.6) is 11.5 Å². The summed E-state index contributed by atoms with van der Waals surface area (Å²) in [6, 6.07) is 14.0. The van der Waals surface area contributed by atoms with E-state index in [0.29, 0.717) is 5.75 Å². The van der Waals surface area contributed by atoms with E-state index in [2.05, 4.69) is 5.16 Å². The van der Waals surface area contributed by atoms with E-state index in [9.17, 15) is 4.39 Å². The van der Waals surface area contributed by atoms with Crippen molar-refractivity contribution in [2.45, 2.75) is 25.9 Å². The smallest absolute Gasteiger partial charge is 0.165 e. The van der Waals surface area contributed by atoms with Gasteiger partial charge in [-0.05, 0) is 43.7 Å². The average molecular weight is 357 g/mol. The second-order valence-corrected chi connectivity index (χ2v) is 7.42. The number of ether oxygens (including phenoxy) is 1. The molecule has 0 spiro atoms. The maximum absolute atomic E-state index is 13.9. The number of para-hydroxylation sites is 1. The Morgan fingerprint density at radius 1 is 1.24 bits per heavy atom. The highest BCUT2D eigenvalue weighted by atomic mass is 32.2. The van der Waals surface area contributed by atoms with Crippen LogP contribution in [0.15, 0.2) is 59.8 Å². The molecular formula is C20H20FNO2S. The molecule has 0 saturated carbocycles. The van der Waals surface area contributed by atoms with Crippen LogP contribution in [0.25, 0.3) is 6.08 Å². The van der Waals surface area contributed by atoms with Crippen molar-refractivity contribution in [3.8, 4) is 11.5 Å². The lowest BCUT2D eigenvalue weighted by Gasteiger charge is -2.12. The first-order valence-electron chi connectivity index (χ1n) is 8.09. The third kappa shape index (κ3) is 5.10. The number of nitrogens with zero attached hydrogens (tertiary/aromatic N) is 1. The highest BCUT2D eigenvalue weighted by molar-refractivity contribution is 8.14. The van der Waals surface area contributed by atoms with Crippen molar-refractivity contribution in [2.24, 2.45) is 5.16 Å². The van der Waals surface area contributed by atoms with Crippen molar-refractivity contribution in [3.63, 3.8) is 0 Å². The van der Waals surface area contributed by atoms with Crippen molar-refractivity contribution in [1.29, 1.82) is 0 Å². The van der Waals surface area contributed by atoms with Crippen LogP contribution >= 0.6 is 11.8 Å². The Morgan fingerprint density at radius 2 is 2.04 bits per heavy atom. The number of thioether (sulfide) groups is 1. The molecule has 5 heteroatoms. The third-order valence-electron chi connectivity index (χ3n) is 3.55. The van der Waals surface area contributed by atoms with Crippen molar-refractivity contribution < 1.29 is 14.0 Å². The standard InChI is InChI=1S/C20H20FNO2S/c1-20(2)14-19(22-24-20)25-12-6-7-15-10-11-17(21)18(13-15)23-16-8-4-3-5-9-16/h3-11,13H,12,14H2,1-2H3/b7-6+. The van der Waals surface area contributed by atoms with Gasteiger partial charge in [-0.2, -0.15) is 0 Å². The molecule has 0 N–H and O–H groups in total. The van der Waals surface area contributed by atoms with Crippen LogP contribution in [0.4, 0.5) is 4.39 Å². The van der Waals surface area contributed by atoms with Gasteiger partial charge in [-0.3, -0.25) is 0 Å². The summed E-state index contributed by atoms with van der Waals surface area (Å²) < 4.78 is 19.5. The van der Waals surface area contributed by atoms with Gasteiger partial charge in [0.15, 0.2) is 11.6 Å². The predicted octanol–water partition coefficient (Wildman–Crippen LogP) is 5.88. The van der Waals surface area contributed by atoms with Gasteiger partial charge in [-0.15, -0.1) is 11.8 Å². The Balaban J connectivity index is 1.58. The lowest BCUT2D eigenvalue weighted by molar-refractivity contribution is 0.0123. The van der Waals surface area contributed by atoms with E-state index in [0.717, 1.165) is 22.8 Å². The van der Waals surface area contributed by atoms with E-state index in [1.807, 2.05) is 44.2 Å². The SMILES string of the molecule is CC1(C)CC(SC/C=C/c2ccc(F)c(Oc3ccccc3)c2)=NO1. The molecule has 130 valence electrons. The molecular weight excluding hydrogens is 337 g/mol. The number of rotatable bonds is 5. The van der Waals surface area contributed by atoms with Crippen molar-refractivity contribution >= 4 is 22.9 Å². The molecule has 3 rings (SSSR count). The maximum Gasteiger partial charge on any atom is 0.165 e. The van der Waals surface area contributed by atoms with Crippen LogP contribution in [0.1, 0.15) is 25.8 Å². The minimum absolute atomic E-state index is 0.202. The molecule has 0 atom stereocenters. The minimum atomic E-state index is -0.380. The fourth-order valence-corrected chi connectivity index (χ4v) is 3.25. The summed E-state index contributed by atoms with van der Waals surface area (Å²) in [7, 11) is 0. The molecule has 25 heavy (non-hydrogen) atoms. The molecule has 1 aliphatic rings. The minimum Gasteiger partial charge on any atom is -0.454 e. The molecule has 1 heterocycles. The maximum atomic E-state index is 13.9. The average Bonchev–Trinajstić information content (AvgIpc) is 2.94. The fraction of sp³-hybridized carbons (Fsp3) is 0.250. The van der Waals surface area contributed by atoms with E-state index in [1.54, 1.807) is 36.0 Å². The Kier molecular flexibility index (Phi) is 5.43. The van der Waals surface area contributed by atoms with Crippen molar-refractivity contribution in [2.75, 3.05) is 5.75 Å². The summed E-state index contributed by atoms with van der Waals surface area (Å²) in [6.07, 6.45) is 4.81. The lowest BCUT2D eigenvalue weighted by atomic mass is 10.1. The molecule has 0 aliphatic carbocycles. The van der Waals surface area contributed by atoms with Gasteiger partial charge in [0.05, 0.1) is 0 Å². The third-order valence-corrected chi connectivity index (χ3v) is 4.47. The second kappa shape index (κ2) is 7.74. The first-order valence-corrected chi connectivity index (χ1v) is 9.07. The number of halogens is 1. The zero-order valence-electron chi connectivity index (χ0n) is 14.2. The highest BCUT2D eigenvalue weighted by Gasteiger charge is 2.28. The second-order valence-electron chi connectivity index (χ2n) is 6.33. The van der Waals surface area contributed by atoms with Gasteiger partial charge < -0.3 is 9.57 Å². The molecule has 2 aromatic rings. The van der Waals surface area contributed by atoms with E-state index in [-0.39, 0.29) is 17.2 Å². The van der Waals surface area contributed by atoms with E-state index in [1.165, 1.54) is 6.07 Å². The van der Waals surface area contributed by atoms with Gasteiger partial charge in [0.25, 0.3) is 0 Å². The molecule has 0 bridgehead atoms. The number of hydrogen-bond acceptors (Lipinski definition) is 4. The number of benzene rings is 2. The van der Waals surface area contributed by atoms with Crippen LogP contribution in [-0.4, -0.2) is 16.4 Å². The van der Waals surface area contributed by atoms with Crippen molar-refractivity contribution in [1.82, 2.24) is 0 Å². The Bertz CT molecular complexity index is 788. The predicted molar refractivity (Wildman–Crippen MR) is 102 cm³/mol. The molecule has 3 nitrogen and oxygen atoms in total. The number of oxime groups is 1. The summed E-state index contributed by atoms with van der Waals surface area (Å²) in [5.41, 5.74) is 0.685. The zero-order chi connectivity index (χ0) is 17.7. The molecule has 2 aromatic carbocycles. The van der Waals surface area contributed by atoms with E-state index < -0.39 is 0 Å².